The van der Waals surface area contributed by atoms with Gasteiger partial charge in [-0.3, -0.25) is 14.4 Å². The van der Waals surface area contributed by atoms with Gasteiger partial charge in [0, 0.05) is 16.8 Å². The molecule has 1 aliphatic carbocycles. The summed E-state index contributed by atoms with van der Waals surface area (Å²) in [5.41, 5.74) is 2.52. The molecule has 44 heavy (non-hydrogen) atoms. The molecule has 2 amide bonds. The summed E-state index contributed by atoms with van der Waals surface area (Å²) in [7, 11) is 0. The standard InChI is InChI=1S/C26H27N7O9S2/c1-11(27)2-3-25-7-16(36)32-24(4-5-24)14(34)6-15(35)28-8-17-30-13(10-43-17)26(40,42-25)19(33-25)21-29-12(9-44-21)20-31-18(22(37)38)23(39)41-20/h9-11,39-40H,2-8,27H2,1H3,(H,28,35)(H,32,36)(H,37,38)/t11-,25?,26?/m0/s1. The van der Waals surface area contributed by atoms with E-state index in [2.05, 4.69) is 25.6 Å². The number of carboxylic acid groups (broad SMARTS) is 1. The molecule has 3 atom stereocenters. The number of Topliss-reactive ketones (excluding diaryl/α,β-unsaturated/α-hetero) is 1. The van der Waals surface area contributed by atoms with E-state index in [9.17, 15) is 34.5 Å². The number of ketones is 1. The summed E-state index contributed by atoms with van der Waals surface area (Å²) < 4.78 is 11.4. The predicted octanol–water partition coefficient (Wildman–Crippen LogP) is 0.775. The minimum atomic E-state index is -2.32. The molecule has 5 heterocycles. The molecule has 3 aromatic rings. The molecular formula is C26H27N7O9S2. The molecule has 0 saturated heterocycles. The second-order valence-corrected chi connectivity index (χ2v) is 12.8. The number of aromatic hydroxyl groups is 1. The number of thiazole rings is 2. The van der Waals surface area contributed by atoms with E-state index in [1.165, 1.54) is 10.8 Å². The van der Waals surface area contributed by atoms with Crippen molar-refractivity contribution in [1.29, 1.82) is 0 Å². The van der Waals surface area contributed by atoms with E-state index in [1.807, 2.05) is 0 Å². The molecule has 1 spiro atoms. The van der Waals surface area contributed by atoms with E-state index in [4.69, 9.17) is 19.9 Å². The van der Waals surface area contributed by atoms with Gasteiger partial charge in [0.2, 0.25) is 17.5 Å². The van der Waals surface area contributed by atoms with Crippen molar-refractivity contribution in [2.75, 3.05) is 0 Å². The molecule has 2 unspecified atom stereocenters. The molecule has 1 saturated carbocycles. The maximum atomic E-state index is 13.4. The van der Waals surface area contributed by atoms with Crippen LogP contribution in [-0.4, -0.2) is 76.9 Å². The Bertz CT molecular complexity index is 1710. The number of rotatable bonds is 6. The van der Waals surface area contributed by atoms with E-state index < -0.39 is 65.1 Å². The third kappa shape index (κ3) is 5.50. The first kappa shape index (κ1) is 29.9. The Morgan fingerprint density at radius 2 is 1.93 bits per heavy atom. The van der Waals surface area contributed by atoms with Gasteiger partial charge in [-0.15, -0.1) is 22.7 Å². The van der Waals surface area contributed by atoms with Gasteiger partial charge in [0.15, 0.2) is 11.5 Å². The summed E-state index contributed by atoms with van der Waals surface area (Å²) in [6, 6.07) is -0.313. The molecule has 232 valence electrons. The van der Waals surface area contributed by atoms with E-state index in [0.29, 0.717) is 24.3 Å². The van der Waals surface area contributed by atoms with Crippen molar-refractivity contribution < 1.29 is 43.7 Å². The lowest BCUT2D eigenvalue weighted by molar-refractivity contribution is -0.217. The third-order valence-electron chi connectivity index (χ3n) is 7.46. The number of carbonyl (C=O) groups excluding carboxylic acids is 3. The first-order valence-corrected chi connectivity index (χ1v) is 15.3. The van der Waals surface area contributed by atoms with Crippen molar-refractivity contribution in [2.45, 2.75) is 75.1 Å². The number of carboxylic acids is 1. The molecule has 6 rings (SSSR count). The zero-order valence-corrected chi connectivity index (χ0v) is 24.8. The molecule has 16 nitrogen and oxygen atoms in total. The number of oxazole rings is 1. The highest BCUT2D eigenvalue weighted by Gasteiger charge is 2.57. The van der Waals surface area contributed by atoms with Crippen LogP contribution >= 0.6 is 22.7 Å². The van der Waals surface area contributed by atoms with Crippen molar-refractivity contribution >= 4 is 52.0 Å². The van der Waals surface area contributed by atoms with E-state index in [1.54, 1.807) is 6.92 Å². The average molecular weight is 646 g/mol. The number of carbonyl (C=O) groups is 4. The summed E-state index contributed by atoms with van der Waals surface area (Å²) >= 11 is 2.12. The number of aliphatic imine (C=N–C) groups is 1. The van der Waals surface area contributed by atoms with E-state index >= 15 is 0 Å². The van der Waals surface area contributed by atoms with Crippen LogP contribution in [0, 0.1) is 0 Å². The van der Waals surface area contributed by atoms with E-state index in [0.717, 1.165) is 22.7 Å². The van der Waals surface area contributed by atoms with Crippen LogP contribution in [0.5, 0.6) is 5.95 Å². The molecule has 4 bridgehead atoms. The summed E-state index contributed by atoms with van der Waals surface area (Å²) in [4.78, 5) is 67.7. The fourth-order valence-electron chi connectivity index (χ4n) is 5.02. The highest BCUT2D eigenvalue weighted by molar-refractivity contribution is 7.12. The molecule has 0 aromatic carbocycles. The Balaban J connectivity index is 1.45. The third-order valence-corrected chi connectivity index (χ3v) is 9.16. The summed E-state index contributed by atoms with van der Waals surface area (Å²) in [6.07, 6.45) is 0.428. The highest BCUT2D eigenvalue weighted by atomic mass is 32.1. The van der Waals surface area contributed by atoms with Crippen molar-refractivity contribution in [3.05, 3.63) is 32.2 Å². The van der Waals surface area contributed by atoms with Crippen molar-refractivity contribution in [3.63, 3.8) is 0 Å². The van der Waals surface area contributed by atoms with Crippen LogP contribution in [0.2, 0.25) is 0 Å². The molecule has 0 radical (unpaired) electrons. The zero-order chi connectivity index (χ0) is 31.4. The van der Waals surface area contributed by atoms with Crippen LogP contribution in [-0.2, 0) is 31.5 Å². The SMILES string of the molecule is C[C@H](N)CCC12CC(=O)NC3(CC3)C(=O)CC(=O)NCc3nc(cs3)C(O)(O1)C(c1nc(-c3nc(C(=O)O)c(O)o3)cs1)=N2. The number of nitrogens with one attached hydrogen (secondary N) is 2. The lowest BCUT2D eigenvalue weighted by Gasteiger charge is -2.31. The molecule has 7 N–H and O–H groups in total. The Kier molecular flexibility index (Phi) is 7.36. The van der Waals surface area contributed by atoms with Crippen LogP contribution in [0.1, 0.15) is 71.6 Å². The number of hydrogen-bond donors (Lipinski definition) is 6. The van der Waals surface area contributed by atoms with Gasteiger partial charge in [0.1, 0.15) is 27.1 Å². The van der Waals surface area contributed by atoms with Gasteiger partial charge in [-0.1, -0.05) is 0 Å². The summed E-state index contributed by atoms with van der Waals surface area (Å²) in [5, 5.41) is 40.1. The quantitative estimate of drug-likeness (QED) is 0.203. The first-order chi connectivity index (χ1) is 20.8. The average Bonchev–Trinajstić information content (AvgIpc) is 3.36. The Hall–Kier alpha value is -4.10. The maximum absolute atomic E-state index is 13.4. The number of aromatic carboxylic acids is 1. The molecule has 3 aliphatic rings. The van der Waals surface area contributed by atoms with Gasteiger partial charge in [0.05, 0.1) is 24.9 Å². The number of nitrogens with zero attached hydrogens (tertiary/aromatic N) is 4. The number of aliphatic hydroxyl groups is 1. The number of ether oxygens (including phenoxy) is 1. The van der Waals surface area contributed by atoms with Crippen LogP contribution in [0.3, 0.4) is 0 Å². The number of hydrogen-bond acceptors (Lipinski definition) is 15. The number of aromatic nitrogens is 3. The normalized spacial score (nSPS) is 25.5. The maximum Gasteiger partial charge on any atom is 0.362 e. The van der Waals surface area contributed by atoms with Gasteiger partial charge < -0.3 is 40.8 Å². The molecule has 1 fully saturated rings. The van der Waals surface area contributed by atoms with Crippen LogP contribution in [0.4, 0.5) is 0 Å². The predicted molar refractivity (Wildman–Crippen MR) is 152 cm³/mol. The Morgan fingerprint density at radius 1 is 1.16 bits per heavy atom. The summed E-state index contributed by atoms with van der Waals surface area (Å²) in [6.45, 7) is 1.75. The topological polar surface area (TPSA) is 252 Å². The smallest absolute Gasteiger partial charge is 0.362 e. The van der Waals surface area contributed by atoms with Crippen LogP contribution < -0.4 is 16.4 Å². The van der Waals surface area contributed by atoms with Crippen molar-refractivity contribution in [2.24, 2.45) is 10.7 Å². The first-order valence-electron chi connectivity index (χ1n) is 13.6. The number of nitrogens with two attached hydrogens (primary N) is 1. The minimum absolute atomic E-state index is 0.0184. The van der Waals surface area contributed by atoms with Crippen molar-refractivity contribution in [1.82, 2.24) is 25.6 Å². The van der Waals surface area contributed by atoms with Crippen molar-refractivity contribution in [3.8, 4) is 17.5 Å². The monoisotopic (exact) mass is 645 g/mol. The zero-order valence-electron chi connectivity index (χ0n) is 23.2. The van der Waals surface area contributed by atoms with Crippen LogP contribution in [0.15, 0.2) is 20.2 Å². The molecule has 2 aliphatic heterocycles. The molecular weight excluding hydrogens is 618 g/mol. The second-order valence-electron chi connectivity index (χ2n) is 11.0. The van der Waals surface area contributed by atoms with Gasteiger partial charge >= 0.3 is 11.9 Å². The van der Waals surface area contributed by atoms with Gasteiger partial charge in [-0.2, -0.15) is 4.98 Å². The summed E-state index contributed by atoms with van der Waals surface area (Å²) in [5.74, 6) is -6.50. The van der Waals surface area contributed by atoms with Gasteiger partial charge in [0.25, 0.3) is 11.7 Å². The van der Waals surface area contributed by atoms with Crippen LogP contribution in [0.25, 0.3) is 11.6 Å². The molecule has 18 heteroatoms. The Labute approximate surface area is 256 Å². The molecule has 3 aromatic heterocycles. The number of amides is 2. The van der Waals surface area contributed by atoms with Gasteiger partial charge in [-0.05, 0) is 32.6 Å². The lowest BCUT2D eigenvalue weighted by Crippen LogP contribution is -2.48. The van der Waals surface area contributed by atoms with E-state index in [-0.39, 0.29) is 47.0 Å². The van der Waals surface area contributed by atoms with Gasteiger partial charge in [-0.25, -0.2) is 19.8 Å². The fraction of sp³-hybridized carbons (Fsp3) is 0.462. The highest BCUT2D eigenvalue weighted by Crippen LogP contribution is 2.46. The largest absolute Gasteiger partial charge is 0.479 e. The fourth-order valence-corrected chi connectivity index (χ4v) is 6.61. The second kappa shape index (κ2) is 10.8. The lowest BCUT2D eigenvalue weighted by atomic mass is 9.99. The number of fused-ring (bicyclic) bond motifs is 5. The Morgan fingerprint density at radius 3 is 2.61 bits per heavy atom. The minimum Gasteiger partial charge on any atom is -0.479 e.